The predicted octanol–water partition coefficient (Wildman–Crippen LogP) is 5.18. The van der Waals surface area contributed by atoms with E-state index in [0.717, 1.165) is 18.4 Å². The molecule has 4 nitrogen and oxygen atoms in total. The zero-order valence-corrected chi connectivity index (χ0v) is 14.8. The number of urea groups is 1. The first kappa shape index (κ1) is 18.1. The number of hydrogen-bond donors (Lipinski definition) is 1. The minimum Gasteiger partial charge on any atom is -0.495 e. The van der Waals surface area contributed by atoms with Crippen LogP contribution in [-0.2, 0) is 6.54 Å². The summed E-state index contributed by atoms with van der Waals surface area (Å²) in [7, 11) is 1.56. The van der Waals surface area contributed by atoms with E-state index in [4.69, 9.17) is 16.3 Å². The highest BCUT2D eigenvalue weighted by molar-refractivity contribution is 6.32. The van der Waals surface area contributed by atoms with Crippen LogP contribution in [0.2, 0.25) is 5.02 Å². The van der Waals surface area contributed by atoms with Gasteiger partial charge in [-0.05, 0) is 30.2 Å². The number of nitrogens with one attached hydrogen (secondary N) is 1. The summed E-state index contributed by atoms with van der Waals surface area (Å²) in [5.74, 6) is 0.585. The van der Waals surface area contributed by atoms with E-state index in [1.807, 2.05) is 35.2 Å². The minimum atomic E-state index is -0.131. The molecule has 1 N–H and O–H groups in total. The maximum atomic E-state index is 12.6. The van der Waals surface area contributed by atoms with E-state index < -0.39 is 0 Å². The molecule has 0 radical (unpaired) electrons. The topological polar surface area (TPSA) is 41.6 Å². The second kappa shape index (κ2) is 9.18. The standard InChI is InChI=1S/C19H23ClN2O2/c1-3-4-12-22(14-15-8-6-5-7-9-15)19(23)21-16-10-11-18(24-2)17(20)13-16/h5-11,13H,3-4,12,14H2,1-2H3,(H,21,23). The van der Waals surface area contributed by atoms with Gasteiger partial charge in [-0.2, -0.15) is 0 Å². The molecule has 2 amide bonds. The van der Waals surface area contributed by atoms with Gasteiger partial charge >= 0.3 is 6.03 Å². The smallest absolute Gasteiger partial charge is 0.322 e. The lowest BCUT2D eigenvalue weighted by molar-refractivity contribution is 0.208. The van der Waals surface area contributed by atoms with Gasteiger partial charge in [0.15, 0.2) is 0 Å². The van der Waals surface area contributed by atoms with Crippen molar-refractivity contribution in [2.75, 3.05) is 19.0 Å². The summed E-state index contributed by atoms with van der Waals surface area (Å²) in [5, 5.41) is 3.38. The number of unbranched alkanes of at least 4 members (excludes halogenated alkanes) is 1. The number of halogens is 1. The van der Waals surface area contributed by atoms with E-state index in [0.29, 0.717) is 29.5 Å². The third kappa shape index (κ3) is 5.17. The highest BCUT2D eigenvalue weighted by atomic mass is 35.5. The number of anilines is 1. The summed E-state index contributed by atoms with van der Waals surface area (Å²) in [6.07, 6.45) is 2.00. The van der Waals surface area contributed by atoms with Crippen LogP contribution in [0.3, 0.4) is 0 Å². The van der Waals surface area contributed by atoms with E-state index in [-0.39, 0.29) is 6.03 Å². The van der Waals surface area contributed by atoms with Crippen LogP contribution in [0, 0.1) is 0 Å². The first-order valence-corrected chi connectivity index (χ1v) is 8.45. The van der Waals surface area contributed by atoms with Crippen LogP contribution in [0.25, 0.3) is 0 Å². The Balaban J connectivity index is 2.07. The molecular formula is C19H23ClN2O2. The van der Waals surface area contributed by atoms with Crippen molar-refractivity contribution in [1.82, 2.24) is 4.90 Å². The van der Waals surface area contributed by atoms with E-state index in [1.165, 1.54) is 0 Å². The third-order valence-corrected chi connectivity index (χ3v) is 3.98. The fourth-order valence-electron chi connectivity index (χ4n) is 2.35. The Bertz CT molecular complexity index is 662. The highest BCUT2D eigenvalue weighted by Gasteiger charge is 2.14. The monoisotopic (exact) mass is 346 g/mol. The number of rotatable bonds is 7. The second-order valence-electron chi connectivity index (χ2n) is 5.54. The number of amides is 2. The quantitative estimate of drug-likeness (QED) is 0.750. The molecule has 0 aliphatic heterocycles. The fraction of sp³-hybridized carbons (Fsp3) is 0.316. The molecular weight excluding hydrogens is 324 g/mol. The van der Waals surface area contributed by atoms with Crippen molar-refractivity contribution in [3.63, 3.8) is 0 Å². The summed E-state index contributed by atoms with van der Waals surface area (Å²) < 4.78 is 5.13. The number of carbonyl (C=O) groups is 1. The van der Waals surface area contributed by atoms with Crippen LogP contribution in [0.15, 0.2) is 48.5 Å². The fourth-order valence-corrected chi connectivity index (χ4v) is 2.61. The van der Waals surface area contributed by atoms with Crippen LogP contribution in [0.4, 0.5) is 10.5 Å². The van der Waals surface area contributed by atoms with Crippen molar-refractivity contribution in [3.8, 4) is 5.75 Å². The van der Waals surface area contributed by atoms with Gasteiger partial charge < -0.3 is 15.0 Å². The molecule has 128 valence electrons. The van der Waals surface area contributed by atoms with Crippen LogP contribution < -0.4 is 10.1 Å². The van der Waals surface area contributed by atoms with Crippen LogP contribution in [-0.4, -0.2) is 24.6 Å². The molecule has 0 saturated carbocycles. The Morgan fingerprint density at radius 2 is 1.96 bits per heavy atom. The predicted molar refractivity (Wildman–Crippen MR) is 98.8 cm³/mol. The van der Waals surface area contributed by atoms with E-state index in [9.17, 15) is 4.79 Å². The van der Waals surface area contributed by atoms with Crippen molar-refractivity contribution in [2.45, 2.75) is 26.3 Å². The lowest BCUT2D eigenvalue weighted by atomic mass is 10.2. The Morgan fingerprint density at radius 1 is 1.21 bits per heavy atom. The first-order chi connectivity index (χ1) is 11.6. The van der Waals surface area contributed by atoms with Crippen molar-refractivity contribution in [1.29, 1.82) is 0 Å². The number of ether oxygens (including phenoxy) is 1. The Hall–Kier alpha value is -2.20. The normalized spacial score (nSPS) is 10.3. The second-order valence-corrected chi connectivity index (χ2v) is 5.95. The number of nitrogens with zero attached hydrogens (tertiary/aromatic N) is 1. The molecule has 0 aliphatic carbocycles. The molecule has 2 aromatic rings. The SMILES string of the molecule is CCCCN(Cc1ccccc1)C(=O)Nc1ccc(OC)c(Cl)c1. The molecule has 0 unspecified atom stereocenters. The van der Waals surface area contributed by atoms with Gasteiger partial charge in [-0.25, -0.2) is 4.79 Å². The number of hydrogen-bond acceptors (Lipinski definition) is 2. The summed E-state index contributed by atoms with van der Waals surface area (Å²) in [5.41, 5.74) is 1.76. The zero-order valence-electron chi connectivity index (χ0n) is 14.1. The molecule has 0 fully saturated rings. The molecule has 0 spiro atoms. The first-order valence-electron chi connectivity index (χ1n) is 8.07. The van der Waals surface area contributed by atoms with Gasteiger partial charge in [-0.3, -0.25) is 0 Å². The van der Waals surface area contributed by atoms with Crippen molar-refractivity contribution < 1.29 is 9.53 Å². The molecule has 2 rings (SSSR count). The summed E-state index contributed by atoms with van der Waals surface area (Å²) in [4.78, 5) is 14.4. The molecule has 5 heteroatoms. The maximum absolute atomic E-state index is 12.6. The van der Waals surface area contributed by atoms with Gasteiger partial charge in [0.25, 0.3) is 0 Å². The zero-order chi connectivity index (χ0) is 17.4. The van der Waals surface area contributed by atoms with Gasteiger partial charge in [0.1, 0.15) is 5.75 Å². The molecule has 0 saturated heterocycles. The number of carbonyl (C=O) groups excluding carboxylic acids is 1. The van der Waals surface area contributed by atoms with Crippen molar-refractivity contribution in [2.24, 2.45) is 0 Å². The molecule has 0 bridgehead atoms. The molecule has 0 heterocycles. The molecule has 2 aromatic carbocycles. The average molecular weight is 347 g/mol. The van der Waals surface area contributed by atoms with Crippen LogP contribution in [0.1, 0.15) is 25.3 Å². The maximum Gasteiger partial charge on any atom is 0.322 e. The molecule has 0 aromatic heterocycles. The number of methoxy groups -OCH3 is 1. The Kier molecular flexibility index (Phi) is 6.94. The van der Waals surface area contributed by atoms with Gasteiger partial charge in [0, 0.05) is 18.8 Å². The molecule has 0 atom stereocenters. The Morgan fingerprint density at radius 3 is 2.58 bits per heavy atom. The van der Waals surface area contributed by atoms with Crippen LogP contribution >= 0.6 is 11.6 Å². The average Bonchev–Trinajstić information content (AvgIpc) is 2.59. The van der Waals surface area contributed by atoms with Gasteiger partial charge in [-0.15, -0.1) is 0 Å². The lowest BCUT2D eigenvalue weighted by Crippen LogP contribution is -2.35. The summed E-state index contributed by atoms with van der Waals surface area (Å²) in [6.45, 7) is 3.40. The van der Waals surface area contributed by atoms with Gasteiger partial charge in [0.2, 0.25) is 0 Å². The van der Waals surface area contributed by atoms with E-state index >= 15 is 0 Å². The van der Waals surface area contributed by atoms with Crippen molar-refractivity contribution in [3.05, 3.63) is 59.1 Å². The largest absolute Gasteiger partial charge is 0.495 e. The van der Waals surface area contributed by atoms with E-state index in [2.05, 4.69) is 12.2 Å². The Labute approximate surface area is 148 Å². The van der Waals surface area contributed by atoms with Gasteiger partial charge in [-0.1, -0.05) is 55.3 Å². The van der Waals surface area contributed by atoms with Crippen molar-refractivity contribution >= 4 is 23.3 Å². The summed E-state index contributed by atoms with van der Waals surface area (Å²) in [6, 6.07) is 15.1. The van der Waals surface area contributed by atoms with E-state index in [1.54, 1.807) is 25.3 Å². The highest BCUT2D eigenvalue weighted by Crippen LogP contribution is 2.27. The number of benzene rings is 2. The lowest BCUT2D eigenvalue weighted by Gasteiger charge is -2.23. The third-order valence-electron chi connectivity index (χ3n) is 3.69. The molecule has 0 aliphatic rings. The molecule has 24 heavy (non-hydrogen) atoms. The van der Waals surface area contributed by atoms with Crippen LogP contribution in [0.5, 0.6) is 5.75 Å². The minimum absolute atomic E-state index is 0.131. The summed E-state index contributed by atoms with van der Waals surface area (Å²) >= 11 is 6.12. The van der Waals surface area contributed by atoms with Gasteiger partial charge in [0.05, 0.1) is 12.1 Å².